The summed E-state index contributed by atoms with van der Waals surface area (Å²) in [5.41, 5.74) is -0.251. The van der Waals surface area contributed by atoms with Crippen molar-refractivity contribution in [3.8, 4) is 28.7 Å². The first-order valence-corrected chi connectivity index (χ1v) is 10.1. The third kappa shape index (κ3) is 3.80. The van der Waals surface area contributed by atoms with Gasteiger partial charge in [0.25, 0.3) is 0 Å². The molecule has 168 valence electrons. The summed E-state index contributed by atoms with van der Waals surface area (Å²) < 4.78 is 12.0. The van der Waals surface area contributed by atoms with Gasteiger partial charge in [0.1, 0.15) is 29.5 Å². The quantitative estimate of drug-likeness (QED) is 0.321. The maximum absolute atomic E-state index is 11.6. The third-order valence-corrected chi connectivity index (χ3v) is 5.61. The van der Waals surface area contributed by atoms with E-state index >= 15 is 0 Å². The van der Waals surface area contributed by atoms with Crippen LogP contribution in [0.15, 0.2) is 60.7 Å². The molecule has 1 unspecified atom stereocenters. The fraction of sp³-hybridized carbons (Fsp3) is 0.250. The molecule has 0 bridgehead atoms. The van der Waals surface area contributed by atoms with Crippen molar-refractivity contribution in [2.45, 2.75) is 24.2 Å². The number of hydrogen-bond donors (Lipinski definition) is 6. The Kier molecular flexibility index (Phi) is 5.84. The highest BCUT2D eigenvalue weighted by Crippen LogP contribution is 2.52. The summed E-state index contributed by atoms with van der Waals surface area (Å²) in [6.07, 6.45) is -2.39. The smallest absolute Gasteiger partial charge is 0.167 e. The van der Waals surface area contributed by atoms with Crippen LogP contribution in [0.3, 0.4) is 0 Å². The van der Waals surface area contributed by atoms with Gasteiger partial charge in [0.2, 0.25) is 0 Å². The fourth-order valence-electron chi connectivity index (χ4n) is 4.14. The lowest BCUT2D eigenvalue weighted by Crippen LogP contribution is -2.53. The van der Waals surface area contributed by atoms with Crippen LogP contribution >= 0.6 is 0 Å². The highest BCUT2D eigenvalue weighted by Gasteiger charge is 2.52. The highest BCUT2D eigenvalue weighted by molar-refractivity contribution is 5.55. The van der Waals surface area contributed by atoms with Gasteiger partial charge in [0.15, 0.2) is 17.1 Å². The predicted molar refractivity (Wildman–Crippen MR) is 114 cm³/mol. The minimum absolute atomic E-state index is 0.0826. The van der Waals surface area contributed by atoms with Gasteiger partial charge in [-0.15, -0.1) is 0 Å². The molecule has 1 heterocycles. The third-order valence-electron chi connectivity index (χ3n) is 5.61. The monoisotopic (exact) mass is 440 g/mol. The molecule has 0 spiro atoms. The SMILES string of the molecule is OCCOC1c2c(O)cc(O)cc2O[C@](Cc2ccccc2)(c2ccc(O)c(O)c2)[C@@H]1O. The van der Waals surface area contributed by atoms with E-state index in [1.165, 1.54) is 24.3 Å². The molecule has 3 aromatic carbocycles. The molecular weight excluding hydrogens is 416 g/mol. The Morgan fingerprint density at radius 1 is 0.875 bits per heavy atom. The first kappa shape index (κ1) is 21.8. The Morgan fingerprint density at radius 3 is 2.31 bits per heavy atom. The van der Waals surface area contributed by atoms with Gasteiger partial charge in [-0.3, -0.25) is 0 Å². The van der Waals surface area contributed by atoms with Crippen molar-refractivity contribution in [2.24, 2.45) is 0 Å². The lowest BCUT2D eigenvalue weighted by Gasteiger charge is -2.46. The lowest BCUT2D eigenvalue weighted by molar-refractivity contribution is -0.157. The van der Waals surface area contributed by atoms with Gasteiger partial charge in [-0.25, -0.2) is 0 Å². The molecule has 3 atom stereocenters. The van der Waals surface area contributed by atoms with Crippen molar-refractivity contribution in [1.82, 2.24) is 0 Å². The Hall–Kier alpha value is -3.46. The molecule has 0 saturated heterocycles. The second-order valence-corrected chi connectivity index (χ2v) is 7.69. The summed E-state index contributed by atoms with van der Waals surface area (Å²) in [5, 5.41) is 61.4. The number of phenols is 4. The molecule has 1 aliphatic rings. The summed E-state index contributed by atoms with van der Waals surface area (Å²) in [6, 6.07) is 15.7. The predicted octanol–water partition coefficient (Wildman–Crippen LogP) is 2.45. The van der Waals surface area contributed by atoms with E-state index in [-0.39, 0.29) is 48.2 Å². The molecule has 1 aliphatic heterocycles. The molecule has 6 N–H and O–H groups in total. The van der Waals surface area contributed by atoms with E-state index < -0.39 is 23.6 Å². The first-order valence-electron chi connectivity index (χ1n) is 10.1. The Balaban J connectivity index is 1.94. The van der Waals surface area contributed by atoms with Gasteiger partial charge in [-0.2, -0.15) is 0 Å². The summed E-state index contributed by atoms with van der Waals surface area (Å²) >= 11 is 0. The number of phenolic OH excluding ortho intramolecular Hbond substituents is 4. The van der Waals surface area contributed by atoms with Crippen molar-refractivity contribution < 1.29 is 40.1 Å². The van der Waals surface area contributed by atoms with Crippen molar-refractivity contribution in [3.05, 3.63) is 77.4 Å². The molecule has 0 fully saturated rings. The standard InChI is InChI=1S/C24H24O8/c25-8-9-31-22-21-19(29)11-16(26)12-20(21)32-24(23(22)30,13-14-4-2-1-3-5-14)15-6-7-17(27)18(28)10-15/h1-7,10-12,22-23,25-30H,8-9,13H2/t22?,23-,24-/m1/s1. The van der Waals surface area contributed by atoms with Crippen LogP contribution < -0.4 is 4.74 Å². The van der Waals surface area contributed by atoms with Crippen LogP contribution in [0.25, 0.3) is 0 Å². The molecule has 4 rings (SSSR count). The minimum atomic E-state index is -1.53. The van der Waals surface area contributed by atoms with E-state index in [9.17, 15) is 30.6 Å². The van der Waals surface area contributed by atoms with Crippen LogP contribution in [0.1, 0.15) is 22.8 Å². The molecule has 0 amide bonds. The maximum Gasteiger partial charge on any atom is 0.167 e. The van der Waals surface area contributed by atoms with E-state index in [1.54, 1.807) is 0 Å². The van der Waals surface area contributed by atoms with Crippen LogP contribution in [0, 0.1) is 0 Å². The molecule has 0 radical (unpaired) electrons. The van der Waals surface area contributed by atoms with Crippen LogP contribution in [0.5, 0.6) is 28.7 Å². The van der Waals surface area contributed by atoms with Gasteiger partial charge in [-0.05, 0) is 17.7 Å². The Bertz CT molecular complexity index is 1100. The molecule has 3 aromatic rings. The van der Waals surface area contributed by atoms with E-state index in [0.29, 0.717) is 5.56 Å². The number of aromatic hydroxyl groups is 4. The number of fused-ring (bicyclic) bond motifs is 1. The summed E-state index contributed by atoms with van der Waals surface area (Å²) in [4.78, 5) is 0. The number of rotatable bonds is 6. The average Bonchev–Trinajstić information content (AvgIpc) is 2.76. The normalized spacial score (nSPS) is 22.2. The first-order chi connectivity index (χ1) is 15.4. The van der Waals surface area contributed by atoms with Gasteiger partial charge in [0, 0.05) is 24.1 Å². The zero-order valence-corrected chi connectivity index (χ0v) is 17.0. The largest absolute Gasteiger partial charge is 0.508 e. The summed E-state index contributed by atoms with van der Waals surface area (Å²) in [7, 11) is 0. The molecule has 0 aromatic heterocycles. The van der Waals surface area contributed by atoms with Gasteiger partial charge in [-0.1, -0.05) is 36.4 Å². The van der Waals surface area contributed by atoms with Crippen LogP contribution in [-0.4, -0.2) is 50.0 Å². The van der Waals surface area contributed by atoms with Crippen LogP contribution in [0.4, 0.5) is 0 Å². The number of hydrogen-bond acceptors (Lipinski definition) is 8. The number of aliphatic hydroxyl groups excluding tert-OH is 2. The van der Waals surface area contributed by atoms with Crippen LogP contribution in [-0.2, 0) is 16.8 Å². The van der Waals surface area contributed by atoms with E-state index in [1.807, 2.05) is 30.3 Å². The molecule has 0 aliphatic carbocycles. The number of aliphatic hydroxyl groups is 2. The maximum atomic E-state index is 11.6. The number of benzene rings is 3. The minimum Gasteiger partial charge on any atom is -0.508 e. The highest BCUT2D eigenvalue weighted by atomic mass is 16.5. The second kappa shape index (κ2) is 8.58. The van der Waals surface area contributed by atoms with Crippen molar-refractivity contribution >= 4 is 0 Å². The molecule has 8 nitrogen and oxygen atoms in total. The zero-order chi connectivity index (χ0) is 22.9. The topological polar surface area (TPSA) is 140 Å². The van der Waals surface area contributed by atoms with E-state index in [2.05, 4.69) is 0 Å². The molecule has 32 heavy (non-hydrogen) atoms. The van der Waals surface area contributed by atoms with Gasteiger partial charge < -0.3 is 40.1 Å². The van der Waals surface area contributed by atoms with Crippen molar-refractivity contribution in [2.75, 3.05) is 13.2 Å². The van der Waals surface area contributed by atoms with Crippen molar-refractivity contribution in [1.29, 1.82) is 0 Å². The molecule has 8 heteroatoms. The fourth-order valence-corrected chi connectivity index (χ4v) is 4.14. The lowest BCUT2D eigenvalue weighted by atomic mass is 9.76. The average molecular weight is 440 g/mol. The second-order valence-electron chi connectivity index (χ2n) is 7.69. The van der Waals surface area contributed by atoms with Crippen molar-refractivity contribution in [3.63, 3.8) is 0 Å². The Morgan fingerprint density at radius 2 is 1.62 bits per heavy atom. The van der Waals surface area contributed by atoms with Gasteiger partial charge >= 0.3 is 0 Å². The molecule has 0 saturated carbocycles. The van der Waals surface area contributed by atoms with E-state index in [0.717, 1.165) is 11.6 Å². The van der Waals surface area contributed by atoms with Crippen LogP contribution in [0.2, 0.25) is 0 Å². The summed E-state index contributed by atoms with van der Waals surface area (Å²) in [6.45, 7) is -0.437. The van der Waals surface area contributed by atoms with Gasteiger partial charge in [0.05, 0.1) is 18.8 Å². The Labute approximate surface area is 184 Å². The number of ether oxygens (including phenoxy) is 2. The molecular formula is C24H24O8. The zero-order valence-electron chi connectivity index (χ0n) is 17.0. The summed E-state index contributed by atoms with van der Waals surface area (Å²) in [5.74, 6) is -1.23. The van der Waals surface area contributed by atoms with E-state index in [4.69, 9.17) is 9.47 Å².